The molecular formula is C20H24N2O4. The third-order valence-electron chi connectivity index (χ3n) is 3.69. The van der Waals surface area contributed by atoms with Crippen LogP contribution in [0.5, 0.6) is 0 Å². The summed E-state index contributed by atoms with van der Waals surface area (Å²) in [6.07, 6.45) is 0.215. The van der Waals surface area contributed by atoms with Gasteiger partial charge < -0.3 is 9.64 Å². The summed E-state index contributed by atoms with van der Waals surface area (Å²) in [5, 5.41) is 10.7. The summed E-state index contributed by atoms with van der Waals surface area (Å²) >= 11 is 0. The van der Waals surface area contributed by atoms with Crippen LogP contribution >= 0.6 is 0 Å². The number of carbonyl (C=O) groups is 1. The van der Waals surface area contributed by atoms with Crippen LogP contribution in [0.3, 0.4) is 0 Å². The molecule has 138 valence electrons. The molecule has 2 aromatic rings. The van der Waals surface area contributed by atoms with Crippen molar-refractivity contribution in [2.75, 3.05) is 6.54 Å². The second-order valence-electron chi connectivity index (χ2n) is 7.06. The molecule has 0 aliphatic carbocycles. The van der Waals surface area contributed by atoms with Crippen molar-refractivity contribution in [2.45, 2.75) is 39.3 Å². The predicted octanol–water partition coefficient (Wildman–Crippen LogP) is 4.57. The summed E-state index contributed by atoms with van der Waals surface area (Å²) in [6.45, 7) is 6.41. The van der Waals surface area contributed by atoms with Crippen LogP contribution in [0.4, 0.5) is 10.5 Å². The molecule has 0 N–H and O–H groups in total. The van der Waals surface area contributed by atoms with Gasteiger partial charge in [0.2, 0.25) is 0 Å². The Bertz CT molecular complexity index is 737. The van der Waals surface area contributed by atoms with Crippen molar-refractivity contribution in [1.29, 1.82) is 0 Å². The number of hydrogen-bond donors (Lipinski definition) is 0. The second-order valence-corrected chi connectivity index (χ2v) is 7.06. The number of ether oxygens (including phenoxy) is 1. The predicted molar refractivity (Wildman–Crippen MR) is 99.9 cm³/mol. The van der Waals surface area contributed by atoms with Crippen molar-refractivity contribution in [2.24, 2.45) is 0 Å². The molecule has 0 fully saturated rings. The minimum absolute atomic E-state index is 0.0574. The summed E-state index contributed by atoms with van der Waals surface area (Å²) in [5.41, 5.74) is 1.43. The Labute approximate surface area is 153 Å². The van der Waals surface area contributed by atoms with E-state index in [1.807, 2.05) is 51.1 Å². The zero-order chi connectivity index (χ0) is 19.2. The number of nitro benzene ring substituents is 1. The van der Waals surface area contributed by atoms with Crippen LogP contribution in [0.1, 0.15) is 31.9 Å². The lowest BCUT2D eigenvalue weighted by Gasteiger charge is -2.27. The van der Waals surface area contributed by atoms with Crippen molar-refractivity contribution in [3.05, 3.63) is 75.8 Å². The number of nitro groups is 1. The van der Waals surface area contributed by atoms with E-state index in [2.05, 4.69) is 0 Å². The highest BCUT2D eigenvalue weighted by Gasteiger charge is 2.22. The van der Waals surface area contributed by atoms with Crippen LogP contribution in [-0.4, -0.2) is 28.1 Å². The molecule has 6 heteroatoms. The van der Waals surface area contributed by atoms with E-state index in [1.54, 1.807) is 17.0 Å². The molecule has 0 unspecified atom stereocenters. The summed E-state index contributed by atoms with van der Waals surface area (Å²) in [7, 11) is 0. The fourth-order valence-electron chi connectivity index (χ4n) is 2.41. The normalized spacial score (nSPS) is 11.0. The first kappa shape index (κ1) is 19.4. The van der Waals surface area contributed by atoms with Gasteiger partial charge in [0.1, 0.15) is 5.60 Å². The van der Waals surface area contributed by atoms with E-state index in [0.29, 0.717) is 19.5 Å². The van der Waals surface area contributed by atoms with Gasteiger partial charge in [-0.15, -0.1) is 0 Å². The molecule has 2 rings (SSSR count). The average Bonchev–Trinajstić information content (AvgIpc) is 2.58. The monoisotopic (exact) mass is 356 g/mol. The first-order valence-electron chi connectivity index (χ1n) is 8.50. The van der Waals surface area contributed by atoms with Crippen LogP contribution in [-0.2, 0) is 17.7 Å². The molecule has 26 heavy (non-hydrogen) atoms. The maximum absolute atomic E-state index is 12.5. The molecule has 0 aliphatic heterocycles. The first-order valence-corrected chi connectivity index (χ1v) is 8.50. The van der Waals surface area contributed by atoms with E-state index in [-0.39, 0.29) is 11.8 Å². The number of amides is 1. The Hall–Kier alpha value is -2.89. The van der Waals surface area contributed by atoms with Gasteiger partial charge in [-0.25, -0.2) is 4.79 Å². The summed E-state index contributed by atoms with van der Waals surface area (Å²) in [6, 6.07) is 16.1. The van der Waals surface area contributed by atoms with Crippen molar-refractivity contribution in [3.63, 3.8) is 0 Å². The van der Waals surface area contributed by atoms with E-state index in [1.165, 1.54) is 12.1 Å². The quantitative estimate of drug-likeness (QED) is 0.561. The summed E-state index contributed by atoms with van der Waals surface area (Å²) in [5.74, 6) is 0. The summed E-state index contributed by atoms with van der Waals surface area (Å²) in [4.78, 5) is 24.5. The minimum atomic E-state index is -0.570. The van der Waals surface area contributed by atoms with Gasteiger partial charge in [0.25, 0.3) is 5.69 Å². The Kier molecular flexibility index (Phi) is 6.33. The number of non-ortho nitro benzene ring substituents is 1. The maximum atomic E-state index is 12.5. The van der Waals surface area contributed by atoms with Gasteiger partial charge in [-0.05, 0) is 38.3 Å². The molecule has 0 heterocycles. The van der Waals surface area contributed by atoms with Gasteiger partial charge in [0, 0.05) is 25.2 Å². The van der Waals surface area contributed by atoms with Crippen molar-refractivity contribution >= 4 is 11.8 Å². The smallest absolute Gasteiger partial charge is 0.410 e. The molecule has 2 aromatic carbocycles. The Morgan fingerprint density at radius 1 is 1.04 bits per heavy atom. The topological polar surface area (TPSA) is 72.7 Å². The highest BCUT2D eigenvalue weighted by molar-refractivity contribution is 5.68. The van der Waals surface area contributed by atoms with Crippen molar-refractivity contribution in [1.82, 2.24) is 4.90 Å². The highest BCUT2D eigenvalue weighted by Crippen LogP contribution is 2.16. The highest BCUT2D eigenvalue weighted by atomic mass is 16.6. The lowest BCUT2D eigenvalue weighted by atomic mass is 10.1. The fourth-order valence-corrected chi connectivity index (χ4v) is 2.41. The molecule has 6 nitrogen and oxygen atoms in total. The zero-order valence-electron chi connectivity index (χ0n) is 15.3. The van der Waals surface area contributed by atoms with Gasteiger partial charge in [0.15, 0.2) is 0 Å². The molecule has 0 aliphatic rings. The van der Waals surface area contributed by atoms with Crippen LogP contribution in [0.25, 0.3) is 0 Å². The van der Waals surface area contributed by atoms with Crippen LogP contribution in [0, 0.1) is 10.1 Å². The molecule has 0 aromatic heterocycles. The Morgan fingerprint density at radius 3 is 2.19 bits per heavy atom. The van der Waals surface area contributed by atoms with Gasteiger partial charge in [-0.1, -0.05) is 42.5 Å². The van der Waals surface area contributed by atoms with Crippen LogP contribution < -0.4 is 0 Å². The first-order chi connectivity index (χ1) is 12.2. The molecule has 0 radical (unpaired) electrons. The molecule has 0 saturated carbocycles. The van der Waals surface area contributed by atoms with E-state index < -0.39 is 10.5 Å². The van der Waals surface area contributed by atoms with E-state index in [4.69, 9.17) is 4.74 Å². The fraction of sp³-hybridized carbons (Fsp3) is 0.350. The lowest BCUT2D eigenvalue weighted by molar-refractivity contribution is -0.384. The number of nitrogens with zero attached hydrogens (tertiary/aromatic N) is 2. The Balaban J connectivity index is 2.07. The minimum Gasteiger partial charge on any atom is -0.444 e. The molecule has 0 spiro atoms. The van der Waals surface area contributed by atoms with E-state index in [9.17, 15) is 14.9 Å². The number of rotatable bonds is 6. The SMILES string of the molecule is CC(C)(C)OC(=O)N(CCc1ccc([N+](=O)[O-])cc1)Cc1ccccc1. The average molecular weight is 356 g/mol. The maximum Gasteiger partial charge on any atom is 0.410 e. The van der Waals surface area contributed by atoms with Crippen molar-refractivity contribution < 1.29 is 14.5 Å². The van der Waals surface area contributed by atoms with Gasteiger partial charge in [0.05, 0.1) is 4.92 Å². The lowest BCUT2D eigenvalue weighted by Crippen LogP contribution is -2.37. The molecule has 0 saturated heterocycles. The van der Waals surface area contributed by atoms with Gasteiger partial charge in [-0.3, -0.25) is 10.1 Å². The summed E-state index contributed by atoms with van der Waals surface area (Å²) < 4.78 is 5.51. The van der Waals surface area contributed by atoms with E-state index >= 15 is 0 Å². The third kappa shape index (κ3) is 6.20. The largest absolute Gasteiger partial charge is 0.444 e. The van der Waals surface area contributed by atoms with Crippen LogP contribution in [0.15, 0.2) is 54.6 Å². The molecular weight excluding hydrogens is 332 g/mol. The van der Waals surface area contributed by atoms with Crippen LogP contribution in [0.2, 0.25) is 0 Å². The number of carbonyl (C=O) groups excluding carboxylic acids is 1. The number of hydrogen-bond acceptors (Lipinski definition) is 4. The van der Waals surface area contributed by atoms with Gasteiger partial charge in [-0.2, -0.15) is 0 Å². The zero-order valence-corrected chi connectivity index (χ0v) is 15.3. The molecule has 0 atom stereocenters. The number of benzene rings is 2. The van der Waals surface area contributed by atoms with Crippen molar-refractivity contribution in [3.8, 4) is 0 Å². The molecule has 0 bridgehead atoms. The Morgan fingerprint density at radius 2 is 1.65 bits per heavy atom. The standard InChI is InChI=1S/C20H24N2O4/c1-20(2,3)26-19(23)21(15-17-7-5-4-6-8-17)14-13-16-9-11-18(12-10-16)22(24)25/h4-12H,13-15H2,1-3H3. The second kappa shape index (κ2) is 8.47. The molecule has 1 amide bonds. The third-order valence-corrected chi connectivity index (χ3v) is 3.69. The van der Waals surface area contributed by atoms with E-state index in [0.717, 1.165) is 11.1 Å². The van der Waals surface area contributed by atoms with Gasteiger partial charge >= 0.3 is 6.09 Å².